The Morgan fingerprint density at radius 3 is 2.36 bits per heavy atom. The van der Waals surface area contributed by atoms with Gasteiger partial charge in [0, 0.05) is 38.6 Å². The first-order valence-electron chi connectivity index (χ1n) is 9.38. The van der Waals surface area contributed by atoms with Crippen LogP contribution in [-0.2, 0) is 9.59 Å². The van der Waals surface area contributed by atoms with Crippen LogP contribution in [-0.4, -0.2) is 36.7 Å². The number of rotatable bonds is 7. The molecule has 6 nitrogen and oxygen atoms in total. The van der Waals surface area contributed by atoms with Gasteiger partial charge in [0.2, 0.25) is 5.91 Å². The highest BCUT2D eigenvalue weighted by molar-refractivity contribution is 6.03. The molecule has 146 valence electrons. The zero-order valence-corrected chi connectivity index (χ0v) is 16.2. The number of hydrogen-bond acceptors (Lipinski definition) is 5. The Morgan fingerprint density at radius 2 is 1.75 bits per heavy atom. The molecular weight excluding hydrogens is 354 g/mol. The molecule has 1 aliphatic heterocycles. The second-order valence-corrected chi connectivity index (χ2v) is 7.08. The molecule has 2 aromatic rings. The maximum Gasteiger partial charge on any atom is 0.243 e. The van der Waals surface area contributed by atoms with E-state index in [0.717, 1.165) is 22.5 Å². The molecule has 3 rings (SSSR count). The van der Waals surface area contributed by atoms with Gasteiger partial charge in [-0.1, -0.05) is 42.5 Å². The summed E-state index contributed by atoms with van der Waals surface area (Å²) in [6, 6.07) is 17.7. The minimum atomic E-state index is -1.14. The molecule has 1 amide bonds. The minimum Gasteiger partial charge on any atom is -0.550 e. The van der Waals surface area contributed by atoms with Crippen molar-refractivity contribution in [1.82, 2.24) is 5.01 Å². The third-order valence-electron chi connectivity index (χ3n) is 4.84. The summed E-state index contributed by atoms with van der Waals surface area (Å²) in [5, 5.41) is 16.8. The predicted octanol–water partition coefficient (Wildman–Crippen LogP) is 2.35. The third kappa shape index (κ3) is 4.57. The molecule has 1 heterocycles. The largest absolute Gasteiger partial charge is 0.550 e. The molecule has 0 saturated carbocycles. The molecule has 0 aliphatic carbocycles. The summed E-state index contributed by atoms with van der Waals surface area (Å²) >= 11 is 0. The van der Waals surface area contributed by atoms with Gasteiger partial charge in [-0.3, -0.25) is 4.79 Å². The lowest BCUT2D eigenvalue weighted by Crippen LogP contribution is -2.28. The van der Waals surface area contributed by atoms with Gasteiger partial charge in [-0.05, 0) is 36.1 Å². The summed E-state index contributed by atoms with van der Waals surface area (Å²) in [5.41, 5.74) is 3.93. The molecule has 1 aliphatic rings. The molecule has 28 heavy (non-hydrogen) atoms. The number of nitrogens with zero attached hydrogens (tertiary/aromatic N) is 3. The van der Waals surface area contributed by atoms with Crippen molar-refractivity contribution in [2.75, 3.05) is 19.0 Å². The first-order chi connectivity index (χ1) is 13.5. The van der Waals surface area contributed by atoms with Crippen LogP contribution in [0.5, 0.6) is 0 Å². The van der Waals surface area contributed by atoms with Crippen molar-refractivity contribution in [3.8, 4) is 0 Å². The summed E-state index contributed by atoms with van der Waals surface area (Å²) in [6.07, 6.45) is 0.876. The van der Waals surface area contributed by atoms with Crippen molar-refractivity contribution < 1.29 is 14.7 Å². The fourth-order valence-corrected chi connectivity index (χ4v) is 3.30. The number of carboxylic acid groups (broad SMARTS) is 1. The van der Waals surface area contributed by atoms with E-state index in [-0.39, 0.29) is 31.2 Å². The molecule has 0 saturated heterocycles. The van der Waals surface area contributed by atoms with E-state index in [9.17, 15) is 14.7 Å². The average Bonchev–Trinajstić information content (AvgIpc) is 3.14. The Hall–Kier alpha value is -3.15. The van der Waals surface area contributed by atoms with Crippen molar-refractivity contribution in [3.05, 3.63) is 65.7 Å². The lowest BCUT2D eigenvalue weighted by molar-refractivity contribution is -0.305. The van der Waals surface area contributed by atoms with Crippen LogP contribution >= 0.6 is 0 Å². The summed E-state index contributed by atoms with van der Waals surface area (Å²) in [5.74, 6) is -1.31. The van der Waals surface area contributed by atoms with Gasteiger partial charge in [-0.2, -0.15) is 5.10 Å². The highest BCUT2D eigenvalue weighted by atomic mass is 16.4. The lowest BCUT2D eigenvalue weighted by atomic mass is 9.98. The van der Waals surface area contributed by atoms with E-state index >= 15 is 0 Å². The predicted molar refractivity (Wildman–Crippen MR) is 107 cm³/mol. The summed E-state index contributed by atoms with van der Waals surface area (Å²) in [6.45, 7) is 0. The smallest absolute Gasteiger partial charge is 0.243 e. The van der Waals surface area contributed by atoms with Crippen molar-refractivity contribution in [2.24, 2.45) is 5.10 Å². The Labute approximate surface area is 165 Å². The minimum absolute atomic E-state index is 0.128. The molecule has 0 radical (unpaired) electrons. The summed E-state index contributed by atoms with van der Waals surface area (Å²) in [4.78, 5) is 25.4. The molecule has 0 aromatic heterocycles. The van der Waals surface area contributed by atoms with Gasteiger partial charge in [0.1, 0.15) is 0 Å². The lowest BCUT2D eigenvalue weighted by Gasteiger charge is -2.23. The number of carboxylic acids is 1. The Bertz CT molecular complexity index is 860. The zero-order valence-electron chi connectivity index (χ0n) is 16.2. The molecule has 0 spiro atoms. The van der Waals surface area contributed by atoms with E-state index in [1.165, 1.54) is 5.01 Å². The Morgan fingerprint density at radius 1 is 1.07 bits per heavy atom. The number of hydrazone groups is 1. The van der Waals surface area contributed by atoms with Gasteiger partial charge in [-0.25, -0.2) is 5.01 Å². The quantitative estimate of drug-likeness (QED) is 0.741. The van der Waals surface area contributed by atoms with Gasteiger partial charge in [0.25, 0.3) is 0 Å². The third-order valence-corrected chi connectivity index (χ3v) is 4.84. The van der Waals surface area contributed by atoms with Crippen LogP contribution in [0.25, 0.3) is 0 Å². The second-order valence-electron chi connectivity index (χ2n) is 7.08. The normalized spacial score (nSPS) is 16.0. The molecule has 2 aromatic carbocycles. The Kier molecular flexibility index (Phi) is 6.09. The number of benzene rings is 2. The van der Waals surface area contributed by atoms with E-state index < -0.39 is 5.97 Å². The van der Waals surface area contributed by atoms with Gasteiger partial charge in [0.15, 0.2) is 0 Å². The van der Waals surface area contributed by atoms with Gasteiger partial charge in [0.05, 0.1) is 11.8 Å². The van der Waals surface area contributed by atoms with Crippen LogP contribution in [0.1, 0.15) is 42.9 Å². The molecule has 6 heteroatoms. The highest BCUT2D eigenvalue weighted by Gasteiger charge is 2.32. The van der Waals surface area contributed by atoms with Gasteiger partial charge in [-0.15, -0.1) is 0 Å². The van der Waals surface area contributed by atoms with E-state index in [0.29, 0.717) is 6.42 Å². The fraction of sp³-hybridized carbons (Fsp3) is 0.318. The van der Waals surface area contributed by atoms with Crippen molar-refractivity contribution in [3.63, 3.8) is 0 Å². The molecule has 0 fully saturated rings. The standard InChI is InChI=1S/C22H25N3O3/c1-24(2)18-13-11-17(12-14-18)20-15-19(16-7-4-3-5-8-16)23-25(20)21(26)9-6-10-22(27)28/h3-5,7-8,11-14,20H,6,9-10,15H2,1-2H3,(H,27,28)/p-1/t20-/m0/s1. The SMILES string of the molecule is CN(C)c1ccc([C@@H]2CC(c3ccccc3)=NN2C(=O)CCCC(=O)[O-])cc1. The number of amides is 1. The van der Waals surface area contributed by atoms with Crippen molar-refractivity contribution in [2.45, 2.75) is 31.7 Å². The Balaban J connectivity index is 1.84. The molecule has 0 bridgehead atoms. The molecular formula is C22H24N3O3-. The topological polar surface area (TPSA) is 76.0 Å². The van der Waals surface area contributed by atoms with E-state index in [1.807, 2.05) is 73.6 Å². The van der Waals surface area contributed by atoms with Crippen molar-refractivity contribution in [1.29, 1.82) is 0 Å². The van der Waals surface area contributed by atoms with Crippen LogP contribution in [0.2, 0.25) is 0 Å². The van der Waals surface area contributed by atoms with Crippen LogP contribution in [0.15, 0.2) is 59.7 Å². The first kappa shape index (κ1) is 19.6. The van der Waals surface area contributed by atoms with Crippen LogP contribution in [0.4, 0.5) is 5.69 Å². The number of carbonyl (C=O) groups is 2. The average molecular weight is 378 g/mol. The van der Waals surface area contributed by atoms with E-state index in [2.05, 4.69) is 5.10 Å². The van der Waals surface area contributed by atoms with Gasteiger partial charge < -0.3 is 14.8 Å². The van der Waals surface area contributed by atoms with Crippen LogP contribution in [0.3, 0.4) is 0 Å². The molecule has 1 atom stereocenters. The monoisotopic (exact) mass is 378 g/mol. The maximum atomic E-state index is 12.8. The number of carbonyl (C=O) groups excluding carboxylic acids is 2. The highest BCUT2D eigenvalue weighted by Crippen LogP contribution is 2.34. The van der Waals surface area contributed by atoms with E-state index in [4.69, 9.17) is 0 Å². The number of anilines is 1. The van der Waals surface area contributed by atoms with Crippen LogP contribution < -0.4 is 10.0 Å². The summed E-state index contributed by atoms with van der Waals surface area (Å²) < 4.78 is 0. The molecule has 0 unspecified atom stereocenters. The number of aliphatic carboxylic acids is 1. The van der Waals surface area contributed by atoms with Crippen molar-refractivity contribution >= 4 is 23.3 Å². The first-order valence-corrected chi connectivity index (χ1v) is 9.38. The zero-order chi connectivity index (χ0) is 20.1. The number of hydrogen-bond donors (Lipinski definition) is 0. The van der Waals surface area contributed by atoms with Crippen LogP contribution in [0, 0.1) is 0 Å². The maximum absolute atomic E-state index is 12.8. The molecule has 0 N–H and O–H groups in total. The fourth-order valence-electron chi connectivity index (χ4n) is 3.30. The summed E-state index contributed by atoms with van der Waals surface area (Å²) in [7, 11) is 3.96. The second kappa shape index (κ2) is 8.69. The van der Waals surface area contributed by atoms with Gasteiger partial charge >= 0.3 is 0 Å². The van der Waals surface area contributed by atoms with E-state index in [1.54, 1.807) is 0 Å².